The van der Waals surface area contributed by atoms with Gasteiger partial charge in [0.2, 0.25) is 5.91 Å². The van der Waals surface area contributed by atoms with Gasteiger partial charge in [0.1, 0.15) is 18.8 Å². The van der Waals surface area contributed by atoms with Gasteiger partial charge < -0.3 is 19.7 Å². The summed E-state index contributed by atoms with van der Waals surface area (Å²) < 4.78 is 9.57. The van der Waals surface area contributed by atoms with Crippen molar-refractivity contribution in [1.82, 2.24) is 10.2 Å². The van der Waals surface area contributed by atoms with Crippen LogP contribution in [0.1, 0.15) is 6.92 Å². The summed E-state index contributed by atoms with van der Waals surface area (Å²) in [4.78, 5) is 35.2. The second kappa shape index (κ2) is 6.63. The van der Waals surface area contributed by atoms with E-state index in [0.717, 1.165) is 0 Å². The Morgan fingerprint density at radius 1 is 1.50 bits per heavy atom. The molecular formula is C11H16N2O5. The predicted octanol–water partition coefficient (Wildman–Crippen LogP) is -0.962. The SMILES string of the molecule is CCOC(=O)CNC(=O)CN1CC(OC)=CC1=O. The summed E-state index contributed by atoms with van der Waals surface area (Å²) in [5, 5.41) is 2.38. The van der Waals surface area contributed by atoms with E-state index in [1.165, 1.54) is 18.1 Å². The minimum atomic E-state index is -0.505. The van der Waals surface area contributed by atoms with E-state index in [-0.39, 0.29) is 32.1 Å². The summed E-state index contributed by atoms with van der Waals surface area (Å²) in [7, 11) is 1.46. The molecule has 7 heteroatoms. The van der Waals surface area contributed by atoms with E-state index in [4.69, 9.17) is 4.74 Å². The molecule has 1 aliphatic heterocycles. The number of hydrogen-bond acceptors (Lipinski definition) is 5. The third-order valence-electron chi connectivity index (χ3n) is 2.27. The highest BCUT2D eigenvalue weighted by atomic mass is 16.5. The van der Waals surface area contributed by atoms with Gasteiger partial charge in [-0.25, -0.2) is 0 Å². The maximum Gasteiger partial charge on any atom is 0.325 e. The Labute approximate surface area is 105 Å². The molecule has 1 aliphatic rings. The lowest BCUT2D eigenvalue weighted by Gasteiger charge is -2.15. The lowest BCUT2D eigenvalue weighted by Crippen LogP contribution is -2.40. The fourth-order valence-electron chi connectivity index (χ4n) is 1.41. The zero-order chi connectivity index (χ0) is 13.5. The van der Waals surface area contributed by atoms with Crippen molar-refractivity contribution in [3.8, 4) is 0 Å². The molecule has 18 heavy (non-hydrogen) atoms. The van der Waals surface area contributed by atoms with Crippen molar-refractivity contribution >= 4 is 17.8 Å². The van der Waals surface area contributed by atoms with Crippen molar-refractivity contribution in [3.05, 3.63) is 11.8 Å². The number of hydrogen-bond donors (Lipinski definition) is 1. The molecule has 1 N–H and O–H groups in total. The van der Waals surface area contributed by atoms with Gasteiger partial charge in [0, 0.05) is 6.08 Å². The number of esters is 1. The van der Waals surface area contributed by atoms with Gasteiger partial charge in [-0.15, -0.1) is 0 Å². The van der Waals surface area contributed by atoms with Crippen LogP contribution in [0.3, 0.4) is 0 Å². The molecule has 7 nitrogen and oxygen atoms in total. The molecule has 0 unspecified atom stereocenters. The largest absolute Gasteiger partial charge is 0.499 e. The van der Waals surface area contributed by atoms with Crippen LogP contribution >= 0.6 is 0 Å². The average molecular weight is 256 g/mol. The minimum absolute atomic E-state index is 0.110. The summed E-state index contributed by atoms with van der Waals surface area (Å²) in [5.74, 6) is -0.687. The second-order valence-corrected chi connectivity index (χ2v) is 3.59. The molecule has 0 bridgehead atoms. The van der Waals surface area contributed by atoms with Crippen LogP contribution in [-0.2, 0) is 23.9 Å². The molecule has 0 aromatic heterocycles. The Balaban J connectivity index is 2.30. The standard InChI is InChI=1S/C11H16N2O5/c1-3-18-11(16)5-12-9(14)7-13-6-8(17-2)4-10(13)15/h4H,3,5-7H2,1-2H3,(H,12,14). The number of ether oxygens (including phenoxy) is 2. The molecule has 0 aromatic carbocycles. The molecule has 0 atom stereocenters. The first-order chi connectivity index (χ1) is 8.56. The lowest BCUT2D eigenvalue weighted by atomic mass is 10.4. The Morgan fingerprint density at radius 2 is 2.22 bits per heavy atom. The van der Waals surface area contributed by atoms with Crippen molar-refractivity contribution in [2.45, 2.75) is 6.92 Å². The van der Waals surface area contributed by atoms with Crippen LogP contribution in [0.15, 0.2) is 11.8 Å². The molecule has 100 valence electrons. The molecule has 1 rings (SSSR count). The number of methoxy groups -OCH3 is 1. The van der Waals surface area contributed by atoms with Crippen molar-refractivity contribution in [1.29, 1.82) is 0 Å². The number of amides is 2. The van der Waals surface area contributed by atoms with Crippen molar-refractivity contribution in [2.75, 3.05) is 33.4 Å². The molecular weight excluding hydrogens is 240 g/mol. The summed E-state index contributed by atoms with van der Waals surface area (Å²) in [5.41, 5.74) is 0. The van der Waals surface area contributed by atoms with Crippen molar-refractivity contribution < 1.29 is 23.9 Å². The zero-order valence-electron chi connectivity index (χ0n) is 10.4. The number of carbonyl (C=O) groups excluding carboxylic acids is 3. The molecule has 0 spiro atoms. The smallest absolute Gasteiger partial charge is 0.325 e. The highest BCUT2D eigenvalue weighted by molar-refractivity contribution is 5.94. The highest BCUT2D eigenvalue weighted by Crippen LogP contribution is 2.09. The van der Waals surface area contributed by atoms with Gasteiger partial charge in [-0.05, 0) is 6.92 Å². The minimum Gasteiger partial charge on any atom is -0.499 e. The fraction of sp³-hybridized carbons (Fsp3) is 0.545. The Morgan fingerprint density at radius 3 is 2.78 bits per heavy atom. The van der Waals surface area contributed by atoms with E-state index in [1.54, 1.807) is 6.92 Å². The van der Waals surface area contributed by atoms with Gasteiger partial charge in [-0.1, -0.05) is 0 Å². The van der Waals surface area contributed by atoms with Crippen LogP contribution < -0.4 is 5.32 Å². The van der Waals surface area contributed by atoms with Gasteiger partial charge in [-0.2, -0.15) is 0 Å². The lowest BCUT2D eigenvalue weighted by molar-refractivity contribution is -0.143. The fourth-order valence-corrected chi connectivity index (χ4v) is 1.41. The Kier molecular flexibility index (Phi) is 5.16. The first-order valence-corrected chi connectivity index (χ1v) is 5.52. The van der Waals surface area contributed by atoms with E-state index in [2.05, 4.69) is 10.1 Å². The Bertz CT molecular complexity index is 378. The summed E-state index contributed by atoms with van der Waals surface area (Å²) >= 11 is 0. The van der Waals surface area contributed by atoms with Crippen LogP contribution in [0.5, 0.6) is 0 Å². The average Bonchev–Trinajstić information content (AvgIpc) is 2.68. The second-order valence-electron chi connectivity index (χ2n) is 3.59. The quantitative estimate of drug-likeness (QED) is 0.619. The van der Waals surface area contributed by atoms with E-state index < -0.39 is 11.9 Å². The normalized spacial score (nSPS) is 14.2. The van der Waals surface area contributed by atoms with Crippen LogP contribution in [0, 0.1) is 0 Å². The number of nitrogens with zero attached hydrogens (tertiary/aromatic N) is 1. The van der Waals surface area contributed by atoms with E-state index >= 15 is 0 Å². The van der Waals surface area contributed by atoms with E-state index in [1.807, 2.05) is 0 Å². The van der Waals surface area contributed by atoms with Gasteiger partial charge in [-0.3, -0.25) is 14.4 Å². The number of rotatable bonds is 6. The summed E-state index contributed by atoms with van der Waals surface area (Å²) in [6, 6.07) is 0. The monoisotopic (exact) mass is 256 g/mol. The van der Waals surface area contributed by atoms with Gasteiger partial charge in [0.05, 0.1) is 20.3 Å². The maximum absolute atomic E-state index is 11.5. The summed E-state index contributed by atoms with van der Waals surface area (Å²) in [6.07, 6.45) is 1.33. The Hall–Kier alpha value is -2.05. The van der Waals surface area contributed by atoms with Gasteiger partial charge in [0.15, 0.2) is 0 Å². The molecule has 1 heterocycles. The maximum atomic E-state index is 11.5. The van der Waals surface area contributed by atoms with Crippen LogP contribution in [-0.4, -0.2) is 56.0 Å². The summed E-state index contributed by atoms with van der Waals surface area (Å²) in [6.45, 7) is 1.91. The zero-order valence-corrected chi connectivity index (χ0v) is 10.4. The number of carbonyl (C=O) groups is 3. The van der Waals surface area contributed by atoms with E-state index in [9.17, 15) is 14.4 Å². The first-order valence-electron chi connectivity index (χ1n) is 5.52. The van der Waals surface area contributed by atoms with E-state index in [0.29, 0.717) is 5.76 Å². The van der Waals surface area contributed by atoms with Crippen molar-refractivity contribution in [3.63, 3.8) is 0 Å². The van der Waals surface area contributed by atoms with Crippen LogP contribution in [0.4, 0.5) is 0 Å². The van der Waals surface area contributed by atoms with Crippen LogP contribution in [0.25, 0.3) is 0 Å². The molecule has 0 saturated heterocycles. The molecule has 0 radical (unpaired) electrons. The molecule has 0 saturated carbocycles. The predicted molar refractivity (Wildman–Crippen MR) is 61.3 cm³/mol. The molecule has 0 aliphatic carbocycles. The third kappa shape index (κ3) is 4.08. The molecule has 2 amide bonds. The van der Waals surface area contributed by atoms with Crippen molar-refractivity contribution in [2.24, 2.45) is 0 Å². The van der Waals surface area contributed by atoms with Gasteiger partial charge >= 0.3 is 5.97 Å². The topological polar surface area (TPSA) is 84.9 Å². The number of nitrogens with one attached hydrogen (secondary N) is 1. The third-order valence-corrected chi connectivity index (χ3v) is 2.27. The highest BCUT2D eigenvalue weighted by Gasteiger charge is 2.24. The van der Waals surface area contributed by atoms with Crippen LogP contribution in [0.2, 0.25) is 0 Å². The molecule has 0 fully saturated rings. The van der Waals surface area contributed by atoms with Gasteiger partial charge in [0.25, 0.3) is 5.91 Å². The first kappa shape index (κ1) is 14.0. The molecule has 0 aromatic rings.